The van der Waals surface area contributed by atoms with Crippen LogP contribution in [0.1, 0.15) is 13.8 Å². The highest BCUT2D eigenvalue weighted by molar-refractivity contribution is 5.68. The van der Waals surface area contributed by atoms with Gasteiger partial charge in [-0.1, -0.05) is 0 Å². The Morgan fingerprint density at radius 3 is 2.94 bits per heavy atom. The van der Waals surface area contributed by atoms with E-state index in [1.54, 1.807) is 12.4 Å². The molecular formula is C11H17N5. The minimum absolute atomic E-state index is 0.341. The van der Waals surface area contributed by atoms with Crippen LogP contribution >= 0.6 is 0 Å². The summed E-state index contributed by atoms with van der Waals surface area (Å²) >= 11 is 0. The summed E-state index contributed by atoms with van der Waals surface area (Å²) in [6.45, 7) is 7.66. The van der Waals surface area contributed by atoms with Gasteiger partial charge in [0.15, 0.2) is 11.6 Å². The predicted octanol–water partition coefficient (Wildman–Crippen LogP) is 0.759. The van der Waals surface area contributed by atoms with E-state index in [2.05, 4.69) is 38.9 Å². The number of rotatable bonds is 1. The third-order valence-corrected chi connectivity index (χ3v) is 3.40. The van der Waals surface area contributed by atoms with E-state index >= 15 is 0 Å². The maximum Gasteiger partial charge on any atom is 0.173 e. The van der Waals surface area contributed by atoms with Crippen LogP contribution in [0.4, 0.5) is 11.6 Å². The molecule has 1 atom stereocenters. The Balaban J connectivity index is 1.82. The molecule has 5 heteroatoms. The Bertz CT molecular complexity index is 392. The van der Waals surface area contributed by atoms with Crippen molar-refractivity contribution in [1.29, 1.82) is 0 Å². The van der Waals surface area contributed by atoms with Gasteiger partial charge in [-0.25, -0.2) is 9.97 Å². The summed E-state index contributed by atoms with van der Waals surface area (Å²) in [5.41, 5.74) is 0. The molecule has 2 aliphatic heterocycles. The lowest BCUT2D eigenvalue weighted by Crippen LogP contribution is -2.55. The van der Waals surface area contributed by atoms with E-state index in [9.17, 15) is 0 Å². The third kappa shape index (κ3) is 1.43. The van der Waals surface area contributed by atoms with Crippen molar-refractivity contribution in [3.05, 3.63) is 12.4 Å². The first-order valence-corrected chi connectivity index (χ1v) is 5.84. The third-order valence-electron chi connectivity index (χ3n) is 3.40. The molecule has 0 aromatic carbocycles. The van der Waals surface area contributed by atoms with Gasteiger partial charge in [-0.05, 0) is 13.8 Å². The van der Waals surface area contributed by atoms with E-state index in [1.165, 1.54) is 0 Å². The predicted molar refractivity (Wildman–Crippen MR) is 63.5 cm³/mol. The van der Waals surface area contributed by atoms with Gasteiger partial charge in [0.05, 0.1) is 0 Å². The zero-order valence-corrected chi connectivity index (χ0v) is 9.72. The van der Waals surface area contributed by atoms with E-state index in [0.29, 0.717) is 12.2 Å². The lowest BCUT2D eigenvalue weighted by Gasteiger charge is -2.39. The topological polar surface area (TPSA) is 44.3 Å². The summed E-state index contributed by atoms with van der Waals surface area (Å²) in [5, 5.41) is 3.43. The molecule has 0 amide bonds. The number of nitrogens with one attached hydrogen (secondary N) is 1. The second-order valence-corrected chi connectivity index (χ2v) is 4.67. The maximum atomic E-state index is 4.40. The van der Waals surface area contributed by atoms with E-state index in [1.807, 2.05) is 0 Å². The van der Waals surface area contributed by atoms with Crippen LogP contribution in [0.5, 0.6) is 0 Å². The van der Waals surface area contributed by atoms with Crippen LogP contribution in [0, 0.1) is 0 Å². The summed E-state index contributed by atoms with van der Waals surface area (Å²) in [5.74, 6) is 1.94. The van der Waals surface area contributed by atoms with Crippen LogP contribution < -0.4 is 10.2 Å². The van der Waals surface area contributed by atoms with Gasteiger partial charge in [0.1, 0.15) is 6.17 Å². The minimum Gasteiger partial charge on any atom is -0.346 e. The summed E-state index contributed by atoms with van der Waals surface area (Å²) in [6, 6.07) is 0.605. The highest BCUT2D eigenvalue weighted by Gasteiger charge is 2.35. The monoisotopic (exact) mass is 219 g/mol. The average Bonchev–Trinajstić information content (AvgIpc) is 2.66. The number of piperazine rings is 1. The van der Waals surface area contributed by atoms with Gasteiger partial charge in [0.25, 0.3) is 0 Å². The zero-order chi connectivity index (χ0) is 11.1. The van der Waals surface area contributed by atoms with Crippen LogP contribution in [0.2, 0.25) is 0 Å². The van der Waals surface area contributed by atoms with Crippen LogP contribution in [0.3, 0.4) is 0 Å². The van der Waals surface area contributed by atoms with Crippen molar-refractivity contribution >= 4 is 11.6 Å². The molecule has 2 aliphatic rings. The fourth-order valence-electron chi connectivity index (χ4n) is 2.45. The Morgan fingerprint density at radius 2 is 2.12 bits per heavy atom. The standard InChI is InChI=1S/C11H17N5/c1-8(2)15-5-6-16-9(7-15)14-10-11(16)13-4-3-12-10/h3-4,8-9H,5-7H2,1-2H3,(H,12,14)/t9-/m0/s1. The van der Waals surface area contributed by atoms with Crippen molar-refractivity contribution in [3.8, 4) is 0 Å². The molecule has 0 bridgehead atoms. The van der Waals surface area contributed by atoms with Gasteiger partial charge in [0.2, 0.25) is 0 Å². The normalized spacial score (nSPS) is 24.2. The molecule has 0 unspecified atom stereocenters. The molecular weight excluding hydrogens is 202 g/mol. The molecule has 5 nitrogen and oxygen atoms in total. The Morgan fingerprint density at radius 1 is 1.31 bits per heavy atom. The molecule has 16 heavy (non-hydrogen) atoms. The second kappa shape index (κ2) is 3.59. The van der Waals surface area contributed by atoms with Gasteiger partial charge in [-0.3, -0.25) is 4.90 Å². The smallest absolute Gasteiger partial charge is 0.173 e. The van der Waals surface area contributed by atoms with E-state index in [-0.39, 0.29) is 0 Å². The lowest BCUT2D eigenvalue weighted by atomic mass is 10.2. The molecule has 0 radical (unpaired) electrons. The largest absolute Gasteiger partial charge is 0.346 e. The molecule has 1 aromatic heterocycles. The molecule has 3 heterocycles. The lowest BCUT2D eigenvalue weighted by molar-refractivity contribution is 0.190. The molecule has 1 aromatic rings. The number of hydrogen-bond acceptors (Lipinski definition) is 5. The van der Waals surface area contributed by atoms with Crippen LogP contribution in [0.15, 0.2) is 12.4 Å². The maximum absolute atomic E-state index is 4.40. The molecule has 86 valence electrons. The molecule has 1 fully saturated rings. The minimum atomic E-state index is 0.341. The van der Waals surface area contributed by atoms with Crippen molar-refractivity contribution in [1.82, 2.24) is 14.9 Å². The first-order chi connectivity index (χ1) is 7.75. The van der Waals surface area contributed by atoms with Gasteiger partial charge in [0, 0.05) is 38.1 Å². The summed E-state index contributed by atoms with van der Waals surface area (Å²) in [4.78, 5) is 13.5. The zero-order valence-electron chi connectivity index (χ0n) is 9.72. The first kappa shape index (κ1) is 9.84. The fraction of sp³-hybridized carbons (Fsp3) is 0.636. The SMILES string of the molecule is CC(C)N1CCN2c3nccnc3N[C@@H]2C1. The first-order valence-electron chi connectivity index (χ1n) is 5.84. The fourth-order valence-corrected chi connectivity index (χ4v) is 2.45. The summed E-state index contributed by atoms with van der Waals surface area (Å²) in [6.07, 6.45) is 3.84. The Hall–Kier alpha value is -1.36. The summed E-state index contributed by atoms with van der Waals surface area (Å²) in [7, 11) is 0. The van der Waals surface area contributed by atoms with E-state index in [0.717, 1.165) is 31.3 Å². The molecule has 3 rings (SSSR count). The average molecular weight is 219 g/mol. The van der Waals surface area contributed by atoms with Crippen LogP contribution in [-0.4, -0.2) is 46.7 Å². The highest BCUT2D eigenvalue weighted by atomic mass is 15.4. The van der Waals surface area contributed by atoms with E-state index < -0.39 is 0 Å². The van der Waals surface area contributed by atoms with Gasteiger partial charge in [-0.15, -0.1) is 0 Å². The van der Waals surface area contributed by atoms with Crippen molar-refractivity contribution in [3.63, 3.8) is 0 Å². The number of anilines is 2. The number of hydrogen-bond donors (Lipinski definition) is 1. The van der Waals surface area contributed by atoms with Gasteiger partial charge >= 0.3 is 0 Å². The number of fused-ring (bicyclic) bond motifs is 3. The molecule has 0 spiro atoms. The van der Waals surface area contributed by atoms with E-state index in [4.69, 9.17) is 0 Å². The van der Waals surface area contributed by atoms with Gasteiger partial charge < -0.3 is 10.2 Å². The molecule has 1 saturated heterocycles. The van der Waals surface area contributed by atoms with Crippen molar-refractivity contribution in [2.75, 3.05) is 29.9 Å². The highest BCUT2D eigenvalue weighted by Crippen LogP contribution is 2.31. The summed E-state index contributed by atoms with van der Waals surface area (Å²) < 4.78 is 0. The van der Waals surface area contributed by atoms with Crippen LogP contribution in [0.25, 0.3) is 0 Å². The Kier molecular flexibility index (Phi) is 2.21. The molecule has 0 saturated carbocycles. The number of aromatic nitrogens is 2. The van der Waals surface area contributed by atoms with Crippen LogP contribution in [-0.2, 0) is 0 Å². The van der Waals surface area contributed by atoms with Gasteiger partial charge in [-0.2, -0.15) is 0 Å². The second-order valence-electron chi connectivity index (χ2n) is 4.67. The quantitative estimate of drug-likeness (QED) is 0.755. The van der Waals surface area contributed by atoms with Crippen molar-refractivity contribution < 1.29 is 0 Å². The molecule has 1 N–H and O–H groups in total. The number of nitrogens with zero attached hydrogens (tertiary/aromatic N) is 4. The Labute approximate surface area is 95.5 Å². The molecule has 0 aliphatic carbocycles. The van der Waals surface area contributed by atoms with Crippen molar-refractivity contribution in [2.24, 2.45) is 0 Å². The van der Waals surface area contributed by atoms with Crippen molar-refractivity contribution in [2.45, 2.75) is 26.1 Å².